The van der Waals surface area contributed by atoms with Gasteiger partial charge in [0.05, 0.1) is 18.1 Å². The Labute approximate surface area is 116 Å². The largest absolute Gasteiger partial charge is 0.485 e. The second-order valence-corrected chi connectivity index (χ2v) is 4.70. The SMILES string of the molecule is Cc1nonc1COc1cncc(N2CCNCC2)c1. The van der Waals surface area contributed by atoms with Gasteiger partial charge in [-0.05, 0) is 6.92 Å². The zero-order chi connectivity index (χ0) is 13.8. The van der Waals surface area contributed by atoms with E-state index in [1.54, 1.807) is 6.20 Å². The lowest BCUT2D eigenvalue weighted by Crippen LogP contribution is -2.43. The molecule has 0 radical (unpaired) electrons. The van der Waals surface area contributed by atoms with Crippen molar-refractivity contribution in [3.63, 3.8) is 0 Å². The molecular formula is C13H17N5O2. The molecule has 1 N–H and O–H groups in total. The Morgan fingerprint density at radius 1 is 1.30 bits per heavy atom. The molecule has 7 nitrogen and oxygen atoms in total. The maximum Gasteiger partial charge on any atom is 0.145 e. The van der Waals surface area contributed by atoms with Crippen LogP contribution in [-0.2, 0) is 6.61 Å². The second kappa shape index (κ2) is 5.87. The monoisotopic (exact) mass is 275 g/mol. The van der Waals surface area contributed by atoms with Gasteiger partial charge in [-0.25, -0.2) is 4.63 Å². The second-order valence-electron chi connectivity index (χ2n) is 4.70. The first-order chi connectivity index (χ1) is 9.83. The van der Waals surface area contributed by atoms with Crippen molar-refractivity contribution in [1.29, 1.82) is 0 Å². The Bertz CT molecular complexity index is 565. The molecule has 1 fully saturated rings. The van der Waals surface area contributed by atoms with Crippen LogP contribution < -0.4 is 15.0 Å². The highest BCUT2D eigenvalue weighted by Crippen LogP contribution is 2.20. The molecule has 3 rings (SSSR count). The molecule has 1 saturated heterocycles. The van der Waals surface area contributed by atoms with E-state index in [-0.39, 0.29) is 0 Å². The van der Waals surface area contributed by atoms with Crippen molar-refractivity contribution in [2.45, 2.75) is 13.5 Å². The van der Waals surface area contributed by atoms with Gasteiger partial charge in [0.2, 0.25) is 0 Å². The summed E-state index contributed by atoms with van der Waals surface area (Å²) in [6, 6.07) is 2.00. The van der Waals surface area contributed by atoms with Gasteiger partial charge in [0, 0.05) is 32.2 Å². The lowest BCUT2D eigenvalue weighted by Gasteiger charge is -2.29. The van der Waals surface area contributed by atoms with Crippen molar-refractivity contribution in [2.24, 2.45) is 0 Å². The lowest BCUT2D eigenvalue weighted by atomic mass is 10.3. The van der Waals surface area contributed by atoms with Gasteiger partial charge in [0.15, 0.2) is 0 Å². The molecule has 106 valence electrons. The summed E-state index contributed by atoms with van der Waals surface area (Å²) in [7, 11) is 0. The van der Waals surface area contributed by atoms with Gasteiger partial charge in [-0.1, -0.05) is 10.3 Å². The van der Waals surface area contributed by atoms with Crippen molar-refractivity contribution in [2.75, 3.05) is 31.1 Å². The highest BCUT2D eigenvalue weighted by Gasteiger charge is 2.12. The summed E-state index contributed by atoms with van der Waals surface area (Å²) in [6.07, 6.45) is 3.57. The smallest absolute Gasteiger partial charge is 0.145 e. The molecular weight excluding hydrogens is 258 g/mol. The van der Waals surface area contributed by atoms with Gasteiger partial charge in [-0.2, -0.15) is 0 Å². The molecule has 3 heterocycles. The van der Waals surface area contributed by atoms with Crippen LogP contribution in [-0.4, -0.2) is 41.5 Å². The molecule has 0 saturated carbocycles. The molecule has 0 spiro atoms. The first kappa shape index (κ1) is 12.9. The first-order valence-corrected chi connectivity index (χ1v) is 6.64. The van der Waals surface area contributed by atoms with Crippen LogP contribution in [0.4, 0.5) is 5.69 Å². The number of aryl methyl sites for hydroxylation is 1. The molecule has 7 heteroatoms. The van der Waals surface area contributed by atoms with Crippen LogP contribution in [0.15, 0.2) is 23.1 Å². The number of rotatable bonds is 4. The number of aromatic nitrogens is 3. The number of nitrogens with zero attached hydrogens (tertiary/aromatic N) is 4. The van der Waals surface area contributed by atoms with Crippen LogP contribution in [0.3, 0.4) is 0 Å². The number of ether oxygens (including phenoxy) is 1. The highest BCUT2D eigenvalue weighted by atomic mass is 16.6. The van der Waals surface area contributed by atoms with Crippen molar-refractivity contribution in [3.8, 4) is 5.75 Å². The van der Waals surface area contributed by atoms with Gasteiger partial charge < -0.3 is 15.0 Å². The number of pyridine rings is 1. The summed E-state index contributed by atoms with van der Waals surface area (Å²) in [6.45, 7) is 6.13. The minimum atomic E-state index is 0.335. The van der Waals surface area contributed by atoms with Crippen LogP contribution >= 0.6 is 0 Å². The molecule has 0 atom stereocenters. The number of hydrogen-bond donors (Lipinski definition) is 1. The Kier molecular flexibility index (Phi) is 3.78. The molecule has 1 aliphatic rings. The molecule has 2 aromatic heterocycles. The third-order valence-corrected chi connectivity index (χ3v) is 3.30. The van der Waals surface area contributed by atoms with Crippen LogP contribution in [0.25, 0.3) is 0 Å². The Hall–Kier alpha value is -2.15. The summed E-state index contributed by atoms with van der Waals surface area (Å²) in [5.74, 6) is 0.725. The van der Waals surface area contributed by atoms with Crippen molar-refractivity contribution in [3.05, 3.63) is 29.8 Å². The fourth-order valence-corrected chi connectivity index (χ4v) is 2.11. The molecule has 0 bridgehead atoms. The average Bonchev–Trinajstić information content (AvgIpc) is 2.92. The fourth-order valence-electron chi connectivity index (χ4n) is 2.11. The maximum absolute atomic E-state index is 5.70. The Morgan fingerprint density at radius 2 is 2.15 bits per heavy atom. The average molecular weight is 275 g/mol. The number of hydrogen-bond acceptors (Lipinski definition) is 7. The minimum Gasteiger partial charge on any atom is -0.485 e. The molecule has 0 aliphatic carbocycles. The van der Waals surface area contributed by atoms with Crippen LogP contribution in [0.2, 0.25) is 0 Å². The quantitative estimate of drug-likeness (QED) is 0.882. The Morgan fingerprint density at radius 3 is 2.90 bits per heavy atom. The summed E-state index contributed by atoms with van der Waals surface area (Å²) < 4.78 is 10.3. The van der Waals surface area contributed by atoms with Crippen LogP contribution in [0.1, 0.15) is 11.4 Å². The maximum atomic E-state index is 5.70. The van der Waals surface area contributed by atoms with Gasteiger partial charge in [-0.15, -0.1) is 0 Å². The topological polar surface area (TPSA) is 76.3 Å². The third-order valence-electron chi connectivity index (χ3n) is 3.30. The van der Waals surface area contributed by atoms with Crippen LogP contribution in [0.5, 0.6) is 5.75 Å². The fraction of sp³-hybridized carbons (Fsp3) is 0.462. The number of nitrogens with one attached hydrogen (secondary N) is 1. The summed E-state index contributed by atoms with van der Waals surface area (Å²) in [5, 5.41) is 10.8. The zero-order valence-electron chi connectivity index (χ0n) is 11.4. The molecule has 1 aliphatic heterocycles. The summed E-state index contributed by atoms with van der Waals surface area (Å²) in [4.78, 5) is 6.53. The Balaban J connectivity index is 1.66. The number of anilines is 1. The van der Waals surface area contributed by atoms with Gasteiger partial charge in [-0.3, -0.25) is 4.98 Å². The van der Waals surface area contributed by atoms with E-state index in [4.69, 9.17) is 4.74 Å². The van der Waals surface area contributed by atoms with E-state index in [1.807, 2.05) is 19.2 Å². The lowest BCUT2D eigenvalue weighted by molar-refractivity contribution is 0.269. The molecule has 0 unspecified atom stereocenters. The molecule has 2 aromatic rings. The van der Waals surface area contributed by atoms with Crippen molar-refractivity contribution >= 4 is 5.69 Å². The van der Waals surface area contributed by atoms with Gasteiger partial charge >= 0.3 is 0 Å². The highest BCUT2D eigenvalue weighted by molar-refractivity contribution is 5.48. The minimum absolute atomic E-state index is 0.335. The first-order valence-electron chi connectivity index (χ1n) is 6.64. The van der Waals surface area contributed by atoms with E-state index in [0.717, 1.165) is 43.3 Å². The van der Waals surface area contributed by atoms with Crippen LogP contribution in [0, 0.1) is 6.92 Å². The molecule has 0 aromatic carbocycles. The van der Waals surface area contributed by atoms with E-state index in [2.05, 4.69) is 30.1 Å². The summed E-state index contributed by atoms with van der Waals surface area (Å²) >= 11 is 0. The molecule has 20 heavy (non-hydrogen) atoms. The third kappa shape index (κ3) is 2.88. The van der Waals surface area contributed by atoms with Gasteiger partial charge in [0.1, 0.15) is 23.7 Å². The summed E-state index contributed by atoms with van der Waals surface area (Å²) in [5.41, 5.74) is 2.53. The van der Waals surface area contributed by atoms with E-state index < -0.39 is 0 Å². The van der Waals surface area contributed by atoms with E-state index in [1.165, 1.54) is 0 Å². The van der Waals surface area contributed by atoms with E-state index >= 15 is 0 Å². The predicted octanol–water partition coefficient (Wildman–Crippen LogP) is 0.762. The van der Waals surface area contributed by atoms with Crippen molar-refractivity contribution in [1.82, 2.24) is 20.6 Å². The van der Waals surface area contributed by atoms with Gasteiger partial charge in [0.25, 0.3) is 0 Å². The van der Waals surface area contributed by atoms with E-state index in [0.29, 0.717) is 12.3 Å². The zero-order valence-corrected chi connectivity index (χ0v) is 11.4. The standard InChI is InChI=1S/C13H17N5O2/c1-10-13(17-20-16-10)9-19-12-6-11(7-15-8-12)18-4-2-14-3-5-18/h6-8,14H,2-5,9H2,1H3. The number of piperazine rings is 1. The molecule has 0 amide bonds. The van der Waals surface area contributed by atoms with E-state index in [9.17, 15) is 0 Å². The van der Waals surface area contributed by atoms with Crippen molar-refractivity contribution < 1.29 is 9.37 Å². The normalized spacial score (nSPS) is 15.3. The predicted molar refractivity (Wildman–Crippen MR) is 72.7 cm³/mol.